The van der Waals surface area contributed by atoms with E-state index in [1.54, 1.807) is 6.92 Å². The number of amides is 1. The van der Waals surface area contributed by atoms with E-state index in [1.165, 1.54) is 21.3 Å². The van der Waals surface area contributed by atoms with Crippen LogP contribution in [0.15, 0.2) is 5.11 Å². The van der Waals surface area contributed by atoms with Crippen LogP contribution >= 0.6 is 0 Å². The van der Waals surface area contributed by atoms with Gasteiger partial charge in [-0.3, -0.25) is 4.79 Å². The van der Waals surface area contributed by atoms with E-state index in [0.717, 1.165) is 0 Å². The molecule has 1 atom stereocenters. The van der Waals surface area contributed by atoms with Gasteiger partial charge in [0.25, 0.3) is 5.91 Å². The first-order valence-electron chi connectivity index (χ1n) is 7.11. The van der Waals surface area contributed by atoms with Crippen molar-refractivity contribution in [3.63, 3.8) is 0 Å². The van der Waals surface area contributed by atoms with E-state index in [4.69, 9.17) is 18.8 Å². The Morgan fingerprint density at radius 3 is 1.92 bits per heavy atom. The fraction of sp³-hybridized carbons (Fsp3) is 0.462. The van der Waals surface area contributed by atoms with E-state index >= 15 is 0 Å². The highest BCUT2D eigenvalue weighted by atomic mass is 28.4. The molecule has 8 nitrogen and oxygen atoms in total. The Morgan fingerprint density at radius 2 is 1.58 bits per heavy atom. The zero-order chi connectivity index (χ0) is 20.1. The number of hydrogen-bond acceptors (Lipinski definition) is 5. The maximum Gasteiger partial charge on any atom is 0.523 e. The van der Waals surface area contributed by atoms with Crippen molar-refractivity contribution in [2.45, 2.75) is 19.0 Å². The van der Waals surface area contributed by atoms with E-state index in [-0.39, 0.29) is 6.42 Å². The lowest BCUT2D eigenvalue weighted by Gasteiger charge is -2.32. The normalized spacial score (nSPS) is 12.5. The maximum atomic E-state index is 14.1. The number of halogens is 4. The molecule has 0 radical (unpaired) electrons. The van der Waals surface area contributed by atoms with Crippen LogP contribution < -0.4 is 5.32 Å². The Bertz CT molecular complexity index is 704. The summed E-state index contributed by atoms with van der Waals surface area (Å²) in [7, 11) is 0.301. The van der Waals surface area contributed by atoms with Crippen molar-refractivity contribution in [3.8, 4) is 0 Å². The molecule has 0 fully saturated rings. The summed E-state index contributed by atoms with van der Waals surface area (Å²) in [6.45, 7) is 1.60. The third kappa shape index (κ3) is 3.81. The molecule has 0 bridgehead atoms. The molecule has 144 valence electrons. The Morgan fingerprint density at radius 1 is 1.12 bits per heavy atom. The van der Waals surface area contributed by atoms with Crippen LogP contribution in [0.2, 0.25) is 0 Å². The molecule has 0 aliphatic rings. The molecule has 1 aromatic rings. The summed E-state index contributed by atoms with van der Waals surface area (Å²) in [5.41, 5.74) is 4.23. The van der Waals surface area contributed by atoms with Crippen LogP contribution in [-0.4, -0.2) is 41.7 Å². The van der Waals surface area contributed by atoms with E-state index in [9.17, 15) is 22.4 Å². The fourth-order valence-corrected chi connectivity index (χ4v) is 4.46. The van der Waals surface area contributed by atoms with Crippen LogP contribution in [0.25, 0.3) is 10.4 Å². The number of nitrogens with zero attached hydrogens (tertiary/aromatic N) is 3. The van der Waals surface area contributed by atoms with Gasteiger partial charge in [-0.1, -0.05) is 12.0 Å². The van der Waals surface area contributed by atoms with Crippen molar-refractivity contribution in [2.24, 2.45) is 5.11 Å². The lowest BCUT2D eigenvalue weighted by atomic mass is 10.1. The quantitative estimate of drug-likeness (QED) is 0.182. The lowest BCUT2D eigenvalue weighted by molar-refractivity contribution is 0.0842. The first-order valence-corrected chi connectivity index (χ1v) is 8.92. The van der Waals surface area contributed by atoms with E-state index in [0.29, 0.717) is 0 Å². The SMILES string of the molecule is CCC(NC(=O)c1c(F)c(F)c(N=[N+]=[N-])c(F)c1F)[Si](OC)(OC)OC. The molecule has 0 saturated carbocycles. The second-order valence-electron chi connectivity index (χ2n) is 4.82. The zero-order valence-electron chi connectivity index (χ0n) is 14.3. The van der Waals surface area contributed by atoms with Crippen LogP contribution in [-0.2, 0) is 13.3 Å². The standard InChI is InChI=1S/C13H16F4N4O4Si/c1-5-6(26(23-2,24-3)25-4)19-13(22)7-8(14)10(16)12(20-21-18)11(17)9(7)15/h6H,5H2,1-4H3,(H,19,22). The molecule has 1 N–H and O–H groups in total. The van der Waals surface area contributed by atoms with Crippen molar-refractivity contribution in [3.05, 3.63) is 39.3 Å². The molecule has 0 aromatic heterocycles. The molecule has 1 aromatic carbocycles. The third-order valence-corrected chi connectivity index (χ3v) is 6.72. The van der Waals surface area contributed by atoms with E-state index in [2.05, 4.69) is 15.3 Å². The minimum absolute atomic E-state index is 0.165. The highest BCUT2D eigenvalue weighted by Crippen LogP contribution is 2.30. The average Bonchev–Trinajstić information content (AvgIpc) is 2.64. The summed E-state index contributed by atoms with van der Waals surface area (Å²) < 4.78 is 71.3. The van der Waals surface area contributed by atoms with Gasteiger partial charge in [-0.2, -0.15) is 0 Å². The molecule has 0 heterocycles. The Hall–Kier alpha value is -2.18. The number of hydrogen-bond donors (Lipinski definition) is 1. The van der Waals surface area contributed by atoms with Gasteiger partial charge in [0.05, 0.1) is 5.67 Å². The minimum atomic E-state index is -3.46. The first kappa shape index (κ1) is 21.9. The summed E-state index contributed by atoms with van der Waals surface area (Å²) >= 11 is 0. The molecule has 0 saturated heterocycles. The van der Waals surface area contributed by atoms with Gasteiger partial charge in [0, 0.05) is 26.2 Å². The minimum Gasteiger partial charge on any atom is -0.376 e. The third-order valence-electron chi connectivity index (χ3n) is 3.61. The average molecular weight is 396 g/mol. The summed E-state index contributed by atoms with van der Waals surface area (Å²) in [5, 5.41) is 4.74. The molecule has 0 aliphatic carbocycles. The molecule has 26 heavy (non-hydrogen) atoms. The number of carbonyl (C=O) groups excluding carboxylic acids is 1. The van der Waals surface area contributed by atoms with Gasteiger partial charge in [0.15, 0.2) is 23.3 Å². The van der Waals surface area contributed by atoms with Crippen molar-refractivity contribution in [1.82, 2.24) is 5.32 Å². The van der Waals surface area contributed by atoms with Crippen LogP contribution in [0.4, 0.5) is 23.2 Å². The van der Waals surface area contributed by atoms with Gasteiger partial charge in [-0.15, -0.1) is 0 Å². The molecule has 13 heteroatoms. The second kappa shape index (κ2) is 8.96. The van der Waals surface area contributed by atoms with E-state index in [1.807, 2.05) is 0 Å². The highest BCUT2D eigenvalue weighted by Gasteiger charge is 2.48. The zero-order valence-corrected chi connectivity index (χ0v) is 15.3. The highest BCUT2D eigenvalue weighted by molar-refractivity contribution is 6.62. The number of rotatable bonds is 8. The van der Waals surface area contributed by atoms with Crippen LogP contribution in [0.3, 0.4) is 0 Å². The van der Waals surface area contributed by atoms with Crippen LogP contribution in [0.5, 0.6) is 0 Å². The van der Waals surface area contributed by atoms with Crippen molar-refractivity contribution >= 4 is 20.4 Å². The number of azide groups is 1. The molecule has 1 amide bonds. The predicted molar refractivity (Wildman–Crippen MR) is 83.4 cm³/mol. The summed E-state index contributed by atoms with van der Waals surface area (Å²) in [6.07, 6.45) is 0.165. The largest absolute Gasteiger partial charge is 0.523 e. The van der Waals surface area contributed by atoms with Gasteiger partial charge in [0.1, 0.15) is 11.3 Å². The summed E-state index contributed by atoms with van der Waals surface area (Å²) in [6, 6.07) is 0. The molecular formula is C13H16F4N4O4Si. The van der Waals surface area contributed by atoms with Crippen LogP contribution in [0.1, 0.15) is 23.7 Å². The Balaban J connectivity index is 3.40. The topological polar surface area (TPSA) is 106 Å². The molecule has 0 aliphatic heterocycles. The monoisotopic (exact) mass is 396 g/mol. The molecular weight excluding hydrogens is 380 g/mol. The maximum absolute atomic E-state index is 14.1. The number of nitrogens with one attached hydrogen (secondary N) is 1. The molecule has 1 rings (SSSR count). The summed E-state index contributed by atoms with van der Waals surface area (Å²) in [5.74, 6) is -9.45. The second-order valence-corrected chi connectivity index (χ2v) is 7.95. The van der Waals surface area contributed by atoms with Crippen molar-refractivity contribution in [1.29, 1.82) is 0 Å². The molecule has 0 spiro atoms. The first-order chi connectivity index (χ1) is 12.2. The van der Waals surface area contributed by atoms with Gasteiger partial charge >= 0.3 is 8.80 Å². The van der Waals surface area contributed by atoms with Gasteiger partial charge < -0.3 is 18.6 Å². The Kier molecular flexibility index (Phi) is 7.53. The fourth-order valence-electron chi connectivity index (χ4n) is 2.30. The molecule has 1 unspecified atom stereocenters. The van der Waals surface area contributed by atoms with Crippen molar-refractivity contribution in [2.75, 3.05) is 21.3 Å². The van der Waals surface area contributed by atoms with Crippen molar-refractivity contribution < 1.29 is 35.6 Å². The lowest BCUT2D eigenvalue weighted by Crippen LogP contribution is -2.61. The van der Waals surface area contributed by atoms with Gasteiger partial charge in [-0.05, 0) is 12.0 Å². The predicted octanol–water partition coefficient (Wildman–Crippen LogP) is 3.11. The number of carbonyl (C=O) groups is 1. The van der Waals surface area contributed by atoms with Gasteiger partial charge in [0.2, 0.25) is 0 Å². The smallest absolute Gasteiger partial charge is 0.376 e. The van der Waals surface area contributed by atoms with E-state index < -0.39 is 54.9 Å². The summed E-state index contributed by atoms with van der Waals surface area (Å²) in [4.78, 5) is 14.3. The van der Waals surface area contributed by atoms with Crippen LogP contribution in [0, 0.1) is 23.3 Å². The Labute approximate surface area is 147 Å². The number of benzene rings is 1. The van der Waals surface area contributed by atoms with Gasteiger partial charge in [-0.25, -0.2) is 17.6 Å².